The van der Waals surface area contributed by atoms with Crippen molar-refractivity contribution in [2.45, 2.75) is 51.4 Å². The van der Waals surface area contributed by atoms with E-state index in [0.29, 0.717) is 0 Å². The zero-order valence-electron chi connectivity index (χ0n) is 11.2. The van der Waals surface area contributed by atoms with Crippen LogP contribution < -0.4 is 0 Å². The summed E-state index contributed by atoms with van der Waals surface area (Å²) in [5.74, 6) is 1.05. The minimum atomic E-state index is 0.0833. The largest absolute Gasteiger partial charge is 0.392 e. The molecule has 0 bridgehead atoms. The van der Waals surface area contributed by atoms with E-state index in [1.165, 1.54) is 77.1 Å². The highest BCUT2D eigenvalue weighted by Crippen LogP contribution is 2.25. The molecule has 17 heavy (non-hydrogen) atoms. The maximum Gasteiger partial charge on any atom is 0.0609 e. The smallest absolute Gasteiger partial charge is 0.0609 e. The van der Waals surface area contributed by atoms with Gasteiger partial charge in [-0.2, -0.15) is 0 Å². The molecule has 0 amide bonds. The molecule has 1 saturated carbocycles. The molecular formula is C15H29NO. The Hall–Kier alpha value is -0.340. The standard InChI is InChI=1S/C12H23N.C3H6O/c1-3-7-12(8-4-1)11-13-9-5-2-6-10-13;1-2-3-4/h12H,1-11H2;2,4H,1,3H2. The van der Waals surface area contributed by atoms with E-state index in [1.54, 1.807) is 0 Å². The van der Waals surface area contributed by atoms with Gasteiger partial charge in [0.25, 0.3) is 0 Å². The van der Waals surface area contributed by atoms with E-state index in [2.05, 4.69) is 11.5 Å². The summed E-state index contributed by atoms with van der Waals surface area (Å²) >= 11 is 0. The quantitative estimate of drug-likeness (QED) is 0.764. The van der Waals surface area contributed by atoms with E-state index >= 15 is 0 Å². The molecular weight excluding hydrogens is 210 g/mol. The van der Waals surface area contributed by atoms with Crippen molar-refractivity contribution in [1.82, 2.24) is 4.90 Å². The second-order valence-corrected chi connectivity index (χ2v) is 5.34. The van der Waals surface area contributed by atoms with Gasteiger partial charge in [0.05, 0.1) is 6.61 Å². The van der Waals surface area contributed by atoms with Gasteiger partial charge in [0.15, 0.2) is 0 Å². The van der Waals surface area contributed by atoms with Gasteiger partial charge >= 0.3 is 0 Å². The van der Waals surface area contributed by atoms with Gasteiger partial charge in [-0.05, 0) is 44.7 Å². The molecule has 1 aliphatic heterocycles. The topological polar surface area (TPSA) is 23.5 Å². The second-order valence-electron chi connectivity index (χ2n) is 5.34. The third-order valence-electron chi connectivity index (χ3n) is 3.82. The van der Waals surface area contributed by atoms with E-state index in [1.807, 2.05) is 0 Å². The Morgan fingerprint density at radius 3 is 2.06 bits per heavy atom. The first kappa shape index (κ1) is 14.7. The van der Waals surface area contributed by atoms with Crippen molar-refractivity contribution in [3.05, 3.63) is 12.7 Å². The lowest BCUT2D eigenvalue weighted by atomic mass is 9.88. The highest BCUT2D eigenvalue weighted by molar-refractivity contribution is 4.72. The molecule has 100 valence electrons. The number of piperidine rings is 1. The fourth-order valence-corrected chi connectivity index (χ4v) is 2.88. The van der Waals surface area contributed by atoms with Crippen LogP contribution in [0.25, 0.3) is 0 Å². The summed E-state index contributed by atoms with van der Waals surface area (Å²) in [5, 5.41) is 7.76. The fourth-order valence-electron chi connectivity index (χ4n) is 2.88. The van der Waals surface area contributed by atoms with Crippen LogP contribution in [0.5, 0.6) is 0 Å². The van der Waals surface area contributed by atoms with Gasteiger partial charge in [-0.3, -0.25) is 0 Å². The number of aliphatic hydroxyl groups is 1. The van der Waals surface area contributed by atoms with Crippen LogP contribution in [-0.2, 0) is 0 Å². The van der Waals surface area contributed by atoms with Crippen molar-refractivity contribution in [2.24, 2.45) is 5.92 Å². The number of aliphatic hydroxyl groups excluding tert-OH is 1. The van der Waals surface area contributed by atoms with Gasteiger partial charge in [0.2, 0.25) is 0 Å². The third-order valence-corrected chi connectivity index (χ3v) is 3.82. The van der Waals surface area contributed by atoms with Crippen LogP contribution in [-0.4, -0.2) is 36.2 Å². The van der Waals surface area contributed by atoms with Gasteiger partial charge in [0.1, 0.15) is 0 Å². The molecule has 1 N–H and O–H groups in total. The van der Waals surface area contributed by atoms with Gasteiger partial charge in [0, 0.05) is 6.54 Å². The fraction of sp³-hybridized carbons (Fsp3) is 0.867. The Balaban J connectivity index is 0.000000317. The zero-order valence-corrected chi connectivity index (χ0v) is 11.2. The van der Waals surface area contributed by atoms with Gasteiger partial charge in [-0.15, -0.1) is 6.58 Å². The molecule has 0 unspecified atom stereocenters. The molecule has 0 radical (unpaired) electrons. The van der Waals surface area contributed by atoms with Crippen molar-refractivity contribution in [2.75, 3.05) is 26.2 Å². The summed E-state index contributed by atoms with van der Waals surface area (Å²) in [7, 11) is 0. The van der Waals surface area contributed by atoms with E-state index in [9.17, 15) is 0 Å². The Morgan fingerprint density at radius 1 is 1.00 bits per heavy atom. The van der Waals surface area contributed by atoms with Gasteiger partial charge in [-0.1, -0.05) is 31.8 Å². The first-order chi connectivity index (χ1) is 8.36. The third kappa shape index (κ3) is 6.85. The predicted octanol–water partition coefficient (Wildman–Crippen LogP) is 3.22. The molecule has 0 atom stereocenters. The van der Waals surface area contributed by atoms with Crippen molar-refractivity contribution < 1.29 is 5.11 Å². The molecule has 1 aliphatic carbocycles. The molecule has 2 aliphatic rings. The van der Waals surface area contributed by atoms with Crippen molar-refractivity contribution in [1.29, 1.82) is 0 Å². The Kier molecular flexibility index (Phi) is 8.37. The van der Waals surface area contributed by atoms with E-state index in [0.717, 1.165) is 5.92 Å². The lowest BCUT2D eigenvalue weighted by molar-refractivity contribution is 0.174. The minimum absolute atomic E-state index is 0.0833. The van der Waals surface area contributed by atoms with Crippen molar-refractivity contribution in [3.63, 3.8) is 0 Å². The average molecular weight is 239 g/mol. The lowest BCUT2D eigenvalue weighted by Crippen LogP contribution is -2.34. The zero-order chi connectivity index (χ0) is 12.3. The Bertz CT molecular complexity index is 165. The van der Waals surface area contributed by atoms with Crippen LogP contribution in [0, 0.1) is 5.92 Å². The normalized spacial score (nSPS) is 22.6. The molecule has 2 fully saturated rings. The average Bonchev–Trinajstić information content (AvgIpc) is 2.41. The summed E-state index contributed by atoms with van der Waals surface area (Å²) in [6, 6.07) is 0. The maximum absolute atomic E-state index is 7.76. The van der Waals surface area contributed by atoms with Crippen LogP contribution in [0.3, 0.4) is 0 Å². The van der Waals surface area contributed by atoms with Crippen LogP contribution in [0.15, 0.2) is 12.7 Å². The van der Waals surface area contributed by atoms with Crippen LogP contribution in [0.4, 0.5) is 0 Å². The summed E-state index contributed by atoms with van der Waals surface area (Å²) in [5.41, 5.74) is 0. The molecule has 0 aromatic carbocycles. The molecule has 0 aromatic rings. The monoisotopic (exact) mass is 239 g/mol. The van der Waals surface area contributed by atoms with Crippen LogP contribution in [0.1, 0.15) is 51.4 Å². The molecule has 0 spiro atoms. The summed E-state index contributed by atoms with van der Waals surface area (Å²) in [6.07, 6.45) is 13.3. The van der Waals surface area contributed by atoms with Crippen molar-refractivity contribution >= 4 is 0 Å². The maximum atomic E-state index is 7.76. The number of likely N-dealkylation sites (tertiary alicyclic amines) is 1. The SMILES string of the molecule is C1CCC(CN2CCCCC2)CC1.C=CCO. The van der Waals surface area contributed by atoms with Crippen LogP contribution in [0.2, 0.25) is 0 Å². The number of rotatable bonds is 3. The molecule has 1 saturated heterocycles. The number of hydrogen-bond donors (Lipinski definition) is 1. The van der Waals surface area contributed by atoms with E-state index < -0.39 is 0 Å². The molecule has 2 heteroatoms. The lowest BCUT2D eigenvalue weighted by Gasteiger charge is -2.32. The molecule has 0 aromatic heterocycles. The van der Waals surface area contributed by atoms with Gasteiger partial charge in [-0.25, -0.2) is 0 Å². The van der Waals surface area contributed by atoms with Gasteiger partial charge < -0.3 is 10.0 Å². The van der Waals surface area contributed by atoms with Crippen LogP contribution >= 0.6 is 0 Å². The van der Waals surface area contributed by atoms with E-state index in [4.69, 9.17) is 5.11 Å². The molecule has 1 heterocycles. The predicted molar refractivity (Wildman–Crippen MR) is 74.1 cm³/mol. The van der Waals surface area contributed by atoms with Crippen molar-refractivity contribution in [3.8, 4) is 0 Å². The molecule has 2 nitrogen and oxygen atoms in total. The number of nitrogens with zero attached hydrogens (tertiary/aromatic N) is 1. The summed E-state index contributed by atoms with van der Waals surface area (Å²) in [4.78, 5) is 2.71. The summed E-state index contributed by atoms with van der Waals surface area (Å²) < 4.78 is 0. The second kappa shape index (κ2) is 9.67. The first-order valence-corrected chi connectivity index (χ1v) is 7.31. The Labute approximate surface area is 107 Å². The van der Waals surface area contributed by atoms with E-state index in [-0.39, 0.29) is 6.61 Å². The summed E-state index contributed by atoms with van der Waals surface area (Å²) in [6.45, 7) is 7.50. The Morgan fingerprint density at radius 2 is 1.53 bits per heavy atom. The highest BCUT2D eigenvalue weighted by atomic mass is 16.2. The molecule has 2 rings (SSSR count). The number of hydrogen-bond acceptors (Lipinski definition) is 2. The highest BCUT2D eigenvalue weighted by Gasteiger charge is 2.18. The minimum Gasteiger partial charge on any atom is -0.392 e. The first-order valence-electron chi connectivity index (χ1n) is 7.31.